The molecule has 0 saturated carbocycles. The van der Waals surface area contributed by atoms with Gasteiger partial charge in [-0.25, -0.2) is 0 Å². The van der Waals surface area contributed by atoms with Crippen LogP contribution in [0.15, 0.2) is 0 Å². The van der Waals surface area contributed by atoms with Gasteiger partial charge in [0.1, 0.15) is 0 Å². The van der Waals surface area contributed by atoms with Gasteiger partial charge >= 0.3 is 0 Å². The van der Waals surface area contributed by atoms with Gasteiger partial charge in [0.2, 0.25) is 0 Å². The molecular formula is C11H22N2. The average Bonchev–Trinajstić information content (AvgIpc) is 2.17. The third-order valence-electron chi connectivity index (χ3n) is 3.65. The lowest BCUT2D eigenvalue weighted by Crippen LogP contribution is -2.53. The number of nitrogens with zero attached hydrogens (tertiary/aromatic N) is 1. The van der Waals surface area contributed by atoms with Gasteiger partial charge in [-0.2, -0.15) is 0 Å². The molecule has 2 heteroatoms. The zero-order valence-corrected chi connectivity index (χ0v) is 8.92. The standard InChI is InChI=1S/C11H22N2/c1-9(2)13-7-5-11-10(8-13)4-3-6-12-11/h9-12H,3-8H2,1-2H3. The van der Waals surface area contributed by atoms with E-state index in [0.29, 0.717) is 0 Å². The van der Waals surface area contributed by atoms with Gasteiger partial charge < -0.3 is 10.2 Å². The summed E-state index contributed by atoms with van der Waals surface area (Å²) in [4.78, 5) is 2.63. The number of rotatable bonds is 1. The first kappa shape index (κ1) is 9.47. The van der Waals surface area contributed by atoms with Crippen LogP contribution in [0.25, 0.3) is 0 Å². The lowest BCUT2D eigenvalue weighted by Gasteiger charge is -2.43. The van der Waals surface area contributed by atoms with Crippen LogP contribution in [0.4, 0.5) is 0 Å². The topological polar surface area (TPSA) is 15.3 Å². The summed E-state index contributed by atoms with van der Waals surface area (Å²) >= 11 is 0. The Morgan fingerprint density at radius 3 is 2.92 bits per heavy atom. The van der Waals surface area contributed by atoms with Crippen molar-refractivity contribution in [3.05, 3.63) is 0 Å². The molecule has 2 aliphatic rings. The average molecular weight is 182 g/mol. The van der Waals surface area contributed by atoms with E-state index in [4.69, 9.17) is 0 Å². The molecule has 2 atom stereocenters. The van der Waals surface area contributed by atoms with Crippen molar-refractivity contribution in [2.24, 2.45) is 5.92 Å². The minimum absolute atomic E-state index is 0.739. The first-order valence-electron chi connectivity index (χ1n) is 5.75. The number of nitrogens with one attached hydrogen (secondary N) is 1. The Kier molecular flexibility index (Phi) is 2.89. The van der Waals surface area contributed by atoms with Gasteiger partial charge in [0.25, 0.3) is 0 Å². The van der Waals surface area contributed by atoms with Gasteiger partial charge in [-0.3, -0.25) is 0 Å². The van der Waals surface area contributed by atoms with Gasteiger partial charge in [-0.05, 0) is 52.1 Å². The van der Waals surface area contributed by atoms with Crippen LogP contribution in [0.1, 0.15) is 33.1 Å². The van der Waals surface area contributed by atoms with Gasteiger partial charge in [-0.15, -0.1) is 0 Å². The van der Waals surface area contributed by atoms with Crippen molar-refractivity contribution < 1.29 is 0 Å². The van der Waals surface area contributed by atoms with Crippen molar-refractivity contribution in [1.29, 1.82) is 0 Å². The molecule has 0 spiro atoms. The molecule has 0 bridgehead atoms. The number of hydrogen-bond donors (Lipinski definition) is 1. The van der Waals surface area contributed by atoms with Crippen LogP contribution in [-0.4, -0.2) is 36.6 Å². The van der Waals surface area contributed by atoms with Crippen molar-refractivity contribution in [2.75, 3.05) is 19.6 Å². The second-order valence-corrected chi connectivity index (χ2v) is 4.84. The molecule has 2 nitrogen and oxygen atoms in total. The maximum absolute atomic E-state index is 3.65. The molecule has 0 aliphatic carbocycles. The first-order valence-corrected chi connectivity index (χ1v) is 5.75. The molecule has 2 saturated heterocycles. The Bertz CT molecular complexity index is 167. The molecular weight excluding hydrogens is 160 g/mol. The van der Waals surface area contributed by atoms with Crippen molar-refractivity contribution >= 4 is 0 Å². The molecule has 76 valence electrons. The summed E-state index contributed by atoms with van der Waals surface area (Å²) in [5.74, 6) is 0.935. The highest BCUT2D eigenvalue weighted by molar-refractivity contribution is 4.88. The van der Waals surface area contributed by atoms with Gasteiger partial charge in [0.05, 0.1) is 0 Å². The summed E-state index contributed by atoms with van der Waals surface area (Å²) in [6, 6.07) is 1.58. The van der Waals surface area contributed by atoms with E-state index in [1.165, 1.54) is 38.9 Å². The molecule has 2 rings (SSSR count). The van der Waals surface area contributed by atoms with Crippen LogP contribution in [0.2, 0.25) is 0 Å². The molecule has 0 aromatic heterocycles. The number of likely N-dealkylation sites (tertiary alicyclic amines) is 1. The lowest BCUT2D eigenvalue weighted by molar-refractivity contribution is 0.0909. The number of hydrogen-bond acceptors (Lipinski definition) is 2. The Balaban J connectivity index is 1.91. The molecule has 0 radical (unpaired) electrons. The minimum atomic E-state index is 0.739. The second kappa shape index (κ2) is 3.97. The molecule has 0 aromatic carbocycles. The van der Waals surface area contributed by atoms with E-state index < -0.39 is 0 Å². The van der Waals surface area contributed by atoms with E-state index >= 15 is 0 Å². The monoisotopic (exact) mass is 182 g/mol. The fourth-order valence-electron chi connectivity index (χ4n) is 2.74. The summed E-state index contributed by atoms with van der Waals surface area (Å²) in [6.07, 6.45) is 4.19. The third kappa shape index (κ3) is 2.05. The van der Waals surface area contributed by atoms with E-state index in [2.05, 4.69) is 24.1 Å². The van der Waals surface area contributed by atoms with Crippen LogP contribution >= 0.6 is 0 Å². The largest absolute Gasteiger partial charge is 0.314 e. The Labute approximate surface area is 81.7 Å². The Morgan fingerprint density at radius 2 is 2.15 bits per heavy atom. The molecule has 1 N–H and O–H groups in total. The highest BCUT2D eigenvalue weighted by Gasteiger charge is 2.31. The first-order chi connectivity index (χ1) is 6.27. The van der Waals surface area contributed by atoms with Gasteiger partial charge in [0.15, 0.2) is 0 Å². The van der Waals surface area contributed by atoms with Gasteiger partial charge in [-0.1, -0.05) is 0 Å². The Hall–Kier alpha value is -0.0800. The van der Waals surface area contributed by atoms with Crippen molar-refractivity contribution in [2.45, 2.75) is 45.2 Å². The van der Waals surface area contributed by atoms with E-state index in [-0.39, 0.29) is 0 Å². The molecule has 2 aliphatic heterocycles. The second-order valence-electron chi connectivity index (χ2n) is 4.84. The molecule has 2 heterocycles. The minimum Gasteiger partial charge on any atom is -0.314 e. The summed E-state index contributed by atoms with van der Waals surface area (Å²) in [7, 11) is 0. The highest BCUT2D eigenvalue weighted by atomic mass is 15.2. The van der Waals surface area contributed by atoms with Crippen molar-refractivity contribution in [1.82, 2.24) is 10.2 Å². The van der Waals surface area contributed by atoms with Crippen molar-refractivity contribution in [3.8, 4) is 0 Å². The highest BCUT2D eigenvalue weighted by Crippen LogP contribution is 2.25. The summed E-state index contributed by atoms with van der Waals surface area (Å²) in [6.45, 7) is 8.51. The maximum atomic E-state index is 3.65. The number of piperidine rings is 2. The van der Waals surface area contributed by atoms with Crippen LogP contribution in [0.5, 0.6) is 0 Å². The van der Waals surface area contributed by atoms with E-state index in [9.17, 15) is 0 Å². The zero-order chi connectivity index (χ0) is 9.26. The molecule has 13 heavy (non-hydrogen) atoms. The smallest absolute Gasteiger partial charge is 0.0120 e. The fourth-order valence-corrected chi connectivity index (χ4v) is 2.74. The fraction of sp³-hybridized carbons (Fsp3) is 1.00. The van der Waals surface area contributed by atoms with Crippen LogP contribution in [0, 0.1) is 5.92 Å². The van der Waals surface area contributed by atoms with Crippen LogP contribution in [0.3, 0.4) is 0 Å². The molecule has 2 unspecified atom stereocenters. The third-order valence-corrected chi connectivity index (χ3v) is 3.65. The van der Waals surface area contributed by atoms with E-state index in [1.807, 2.05) is 0 Å². The van der Waals surface area contributed by atoms with Gasteiger partial charge in [0, 0.05) is 18.6 Å². The lowest BCUT2D eigenvalue weighted by atomic mass is 9.85. The number of fused-ring (bicyclic) bond motifs is 1. The summed E-state index contributed by atoms with van der Waals surface area (Å²) < 4.78 is 0. The zero-order valence-electron chi connectivity index (χ0n) is 8.92. The SMILES string of the molecule is CC(C)N1CCC2NCCCC2C1. The normalized spacial score (nSPS) is 36.2. The predicted molar refractivity (Wildman–Crippen MR) is 55.8 cm³/mol. The maximum Gasteiger partial charge on any atom is 0.0120 e. The molecule has 2 fully saturated rings. The quantitative estimate of drug-likeness (QED) is 0.660. The predicted octanol–water partition coefficient (Wildman–Crippen LogP) is 1.47. The Morgan fingerprint density at radius 1 is 1.31 bits per heavy atom. The van der Waals surface area contributed by atoms with Crippen molar-refractivity contribution in [3.63, 3.8) is 0 Å². The van der Waals surface area contributed by atoms with Crippen LogP contribution in [-0.2, 0) is 0 Å². The summed E-state index contributed by atoms with van der Waals surface area (Å²) in [5.41, 5.74) is 0. The van der Waals surface area contributed by atoms with E-state index in [0.717, 1.165) is 18.0 Å². The molecule has 0 aromatic rings. The van der Waals surface area contributed by atoms with Crippen LogP contribution < -0.4 is 5.32 Å². The van der Waals surface area contributed by atoms with E-state index in [1.54, 1.807) is 0 Å². The summed E-state index contributed by atoms with van der Waals surface area (Å²) in [5, 5.41) is 3.65. The molecule has 0 amide bonds.